The number of aryl methyl sites for hydroxylation is 1. The predicted molar refractivity (Wildman–Crippen MR) is 40.9 cm³/mol. The standard InChI is InChI=1S/C8H6F3NO2/c1-4-6(7(13)14)5(2-3-12-4)8(9,10)11/h2-3H,1H3,(H,13,14). The van der Waals surface area contributed by atoms with Crippen molar-refractivity contribution in [3.63, 3.8) is 0 Å². The minimum absolute atomic E-state index is 0.146. The Kier molecular flexibility index (Phi) is 2.46. The van der Waals surface area contributed by atoms with Crippen molar-refractivity contribution in [2.75, 3.05) is 0 Å². The van der Waals surface area contributed by atoms with E-state index in [-0.39, 0.29) is 5.69 Å². The maximum atomic E-state index is 12.3. The van der Waals surface area contributed by atoms with Gasteiger partial charge in [-0.3, -0.25) is 4.98 Å². The molecule has 0 aliphatic rings. The highest BCUT2D eigenvalue weighted by Crippen LogP contribution is 2.32. The second-order valence-corrected chi connectivity index (χ2v) is 2.62. The molecule has 76 valence electrons. The molecule has 0 saturated heterocycles. The Morgan fingerprint density at radius 3 is 2.43 bits per heavy atom. The van der Waals surface area contributed by atoms with Gasteiger partial charge in [-0.1, -0.05) is 0 Å². The lowest BCUT2D eigenvalue weighted by Gasteiger charge is -2.10. The second-order valence-electron chi connectivity index (χ2n) is 2.62. The molecule has 0 aliphatic heterocycles. The SMILES string of the molecule is Cc1nccc(C(F)(F)F)c1C(=O)O. The third kappa shape index (κ3) is 1.84. The van der Waals surface area contributed by atoms with Crippen LogP contribution in [0.5, 0.6) is 0 Å². The molecule has 0 fully saturated rings. The van der Waals surface area contributed by atoms with Crippen LogP contribution >= 0.6 is 0 Å². The number of nitrogens with zero attached hydrogens (tertiary/aromatic N) is 1. The van der Waals surface area contributed by atoms with Crippen molar-refractivity contribution in [2.24, 2.45) is 0 Å². The smallest absolute Gasteiger partial charge is 0.417 e. The Labute approximate surface area is 77.2 Å². The van der Waals surface area contributed by atoms with Crippen LogP contribution in [-0.2, 0) is 6.18 Å². The highest BCUT2D eigenvalue weighted by atomic mass is 19.4. The molecule has 0 aliphatic carbocycles. The van der Waals surface area contributed by atoms with Crippen LogP contribution in [0.1, 0.15) is 21.6 Å². The minimum atomic E-state index is -4.67. The maximum absolute atomic E-state index is 12.3. The lowest BCUT2D eigenvalue weighted by Crippen LogP contribution is -2.15. The van der Waals surface area contributed by atoms with Crippen LogP contribution in [-0.4, -0.2) is 16.1 Å². The van der Waals surface area contributed by atoms with E-state index in [1.165, 1.54) is 6.92 Å². The first-order valence-corrected chi connectivity index (χ1v) is 3.60. The predicted octanol–water partition coefficient (Wildman–Crippen LogP) is 2.11. The van der Waals surface area contributed by atoms with Gasteiger partial charge < -0.3 is 5.11 Å². The molecule has 1 rings (SSSR count). The van der Waals surface area contributed by atoms with Crippen LogP contribution in [0.3, 0.4) is 0 Å². The highest BCUT2D eigenvalue weighted by molar-refractivity contribution is 5.90. The van der Waals surface area contributed by atoms with Crippen molar-refractivity contribution in [1.29, 1.82) is 0 Å². The summed E-state index contributed by atoms with van der Waals surface area (Å²) in [4.78, 5) is 14.0. The first-order chi connectivity index (χ1) is 6.34. The van der Waals surface area contributed by atoms with Gasteiger partial charge in [0.05, 0.1) is 16.8 Å². The molecular formula is C8H6F3NO2. The van der Waals surface area contributed by atoms with Crippen LogP contribution in [0.2, 0.25) is 0 Å². The lowest BCUT2D eigenvalue weighted by molar-refractivity contribution is -0.138. The lowest BCUT2D eigenvalue weighted by atomic mass is 10.1. The molecule has 3 nitrogen and oxygen atoms in total. The van der Waals surface area contributed by atoms with Gasteiger partial charge in [-0.05, 0) is 13.0 Å². The Morgan fingerprint density at radius 2 is 2.07 bits per heavy atom. The summed E-state index contributed by atoms with van der Waals surface area (Å²) in [5, 5.41) is 8.57. The average Bonchev–Trinajstić information content (AvgIpc) is 2.01. The minimum Gasteiger partial charge on any atom is -0.478 e. The summed E-state index contributed by atoms with van der Waals surface area (Å²) in [6, 6.07) is 0.649. The molecule has 14 heavy (non-hydrogen) atoms. The van der Waals surface area contributed by atoms with Crippen molar-refractivity contribution < 1.29 is 23.1 Å². The number of hydrogen-bond donors (Lipinski definition) is 1. The molecule has 0 spiro atoms. The van der Waals surface area contributed by atoms with E-state index in [4.69, 9.17) is 5.11 Å². The molecule has 1 aromatic heterocycles. The van der Waals surface area contributed by atoms with Crippen molar-refractivity contribution in [3.8, 4) is 0 Å². The fourth-order valence-corrected chi connectivity index (χ4v) is 1.07. The normalized spacial score (nSPS) is 11.4. The van der Waals surface area contributed by atoms with Gasteiger partial charge in [-0.25, -0.2) is 4.79 Å². The number of hydrogen-bond acceptors (Lipinski definition) is 2. The largest absolute Gasteiger partial charge is 0.478 e. The number of pyridine rings is 1. The zero-order chi connectivity index (χ0) is 10.9. The van der Waals surface area contributed by atoms with Crippen molar-refractivity contribution >= 4 is 5.97 Å². The van der Waals surface area contributed by atoms with E-state index in [9.17, 15) is 18.0 Å². The average molecular weight is 205 g/mol. The van der Waals surface area contributed by atoms with E-state index in [0.717, 1.165) is 6.20 Å². The second kappa shape index (κ2) is 3.28. The third-order valence-corrected chi connectivity index (χ3v) is 1.66. The number of carboxylic acid groups (broad SMARTS) is 1. The molecule has 0 unspecified atom stereocenters. The summed E-state index contributed by atoms with van der Waals surface area (Å²) in [6.07, 6.45) is -3.73. The molecule has 0 saturated carbocycles. The number of halogens is 3. The Morgan fingerprint density at radius 1 is 1.50 bits per heavy atom. The van der Waals surface area contributed by atoms with Crippen molar-refractivity contribution in [1.82, 2.24) is 4.98 Å². The first kappa shape index (κ1) is 10.5. The topological polar surface area (TPSA) is 50.2 Å². The fraction of sp³-hybridized carbons (Fsp3) is 0.250. The van der Waals surface area contributed by atoms with Crippen LogP contribution in [0.15, 0.2) is 12.3 Å². The summed E-state index contributed by atoms with van der Waals surface area (Å²) in [5.41, 5.74) is -2.11. The van der Waals surface area contributed by atoms with Crippen molar-refractivity contribution in [3.05, 3.63) is 29.1 Å². The molecule has 0 bridgehead atoms. The van der Waals surface area contributed by atoms with Crippen LogP contribution in [0.4, 0.5) is 13.2 Å². The number of aromatic carboxylic acids is 1. The monoisotopic (exact) mass is 205 g/mol. The van der Waals surface area contributed by atoms with E-state index < -0.39 is 23.3 Å². The van der Waals surface area contributed by atoms with Gasteiger partial charge >= 0.3 is 12.1 Å². The number of aromatic nitrogens is 1. The summed E-state index contributed by atoms with van der Waals surface area (Å²) < 4.78 is 36.9. The molecule has 0 aromatic carbocycles. The molecule has 6 heteroatoms. The van der Waals surface area contributed by atoms with Gasteiger partial charge in [-0.15, -0.1) is 0 Å². The molecule has 0 amide bonds. The summed E-state index contributed by atoms with van der Waals surface area (Å²) >= 11 is 0. The van der Waals surface area contributed by atoms with E-state index in [0.29, 0.717) is 6.07 Å². The summed E-state index contributed by atoms with van der Waals surface area (Å²) in [6.45, 7) is 1.22. The van der Waals surface area contributed by atoms with Crippen LogP contribution in [0, 0.1) is 6.92 Å². The molecule has 1 heterocycles. The van der Waals surface area contributed by atoms with Gasteiger partial charge in [0, 0.05) is 6.20 Å². The number of rotatable bonds is 1. The quantitative estimate of drug-likeness (QED) is 0.763. The maximum Gasteiger partial charge on any atom is 0.417 e. The zero-order valence-corrected chi connectivity index (χ0v) is 7.09. The van der Waals surface area contributed by atoms with Gasteiger partial charge in [0.1, 0.15) is 0 Å². The van der Waals surface area contributed by atoms with E-state index in [1.54, 1.807) is 0 Å². The first-order valence-electron chi connectivity index (χ1n) is 3.60. The number of alkyl halides is 3. The number of carbonyl (C=O) groups is 1. The van der Waals surface area contributed by atoms with Gasteiger partial charge in [0.2, 0.25) is 0 Å². The van der Waals surface area contributed by atoms with Crippen molar-refractivity contribution in [2.45, 2.75) is 13.1 Å². The van der Waals surface area contributed by atoms with E-state index in [1.807, 2.05) is 0 Å². The number of carboxylic acids is 1. The summed E-state index contributed by atoms with van der Waals surface area (Å²) in [5.74, 6) is -1.62. The van der Waals surface area contributed by atoms with E-state index >= 15 is 0 Å². The van der Waals surface area contributed by atoms with Gasteiger partial charge in [-0.2, -0.15) is 13.2 Å². The highest BCUT2D eigenvalue weighted by Gasteiger charge is 2.36. The van der Waals surface area contributed by atoms with Crippen LogP contribution in [0.25, 0.3) is 0 Å². The van der Waals surface area contributed by atoms with Gasteiger partial charge in [0.25, 0.3) is 0 Å². The summed E-state index contributed by atoms with van der Waals surface area (Å²) in [7, 11) is 0. The molecule has 0 atom stereocenters. The zero-order valence-electron chi connectivity index (χ0n) is 7.09. The fourth-order valence-electron chi connectivity index (χ4n) is 1.07. The Hall–Kier alpha value is -1.59. The molecule has 0 radical (unpaired) electrons. The van der Waals surface area contributed by atoms with Crippen LogP contribution < -0.4 is 0 Å². The van der Waals surface area contributed by atoms with Gasteiger partial charge in [0.15, 0.2) is 0 Å². The van der Waals surface area contributed by atoms with E-state index in [2.05, 4.69) is 4.98 Å². The Balaban J connectivity index is 3.44. The molecular weight excluding hydrogens is 199 g/mol. The molecule has 1 N–H and O–H groups in total. The third-order valence-electron chi connectivity index (χ3n) is 1.66. The Bertz CT molecular complexity index is 373. The molecule has 1 aromatic rings.